The Morgan fingerprint density at radius 2 is 1.30 bits per heavy atom. The zero-order valence-corrected chi connectivity index (χ0v) is 26.7. The summed E-state index contributed by atoms with van der Waals surface area (Å²) in [5.74, 6) is -0.906. The SMILES string of the molecule is O=C(O)CCCCCC(=O)Nc1ccc([C@H]2O[C@@H](CN(Cc3ccccc3)Cc3ccccc3)C[C@@H](c3ccc(CO)cc3)O2)cc1. The number of carbonyl (C=O) groups is 2. The number of amides is 1. The average molecular weight is 637 g/mol. The molecule has 3 N–H and O–H groups in total. The standard InChI is InChI=1S/C39H44N2O6/c42-28-31-16-18-32(19-17-31)36-24-35(27-41(25-29-10-4-1-5-11-29)26-30-12-6-2-7-13-30)46-39(47-36)33-20-22-34(23-21-33)40-37(43)14-8-3-9-15-38(44)45/h1-2,4-7,10-13,16-23,35-36,39,42H,3,8-9,14-15,24-28H2,(H,40,43)(H,44,45)/t35-,36+,39+/m1/s1. The van der Waals surface area contributed by atoms with Gasteiger partial charge in [-0.25, -0.2) is 0 Å². The van der Waals surface area contributed by atoms with Crippen LogP contribution in [0.15, 0.2) is 109 Å². The number of benzene rings is 4. The summed E-state index contributed by atoms with van der Waals surface area (Å²) in [7, 11) is 0. The first-order valence-electron chi connectivity index (χ1n) is 16.4. The fourth-order valence-corrected chi connectivity index (χ4v) is 5.87. The number of carboxylic acids is 1. The predicted molar refractivity (Wildman–Crippen MR) is 181 cm³/mol. The van der Waals surface area contributed by atoms with E-state index in [-0.39, 0.29) is 31.1 Å². The van der Waals surface area contributed by atoms with Gasteiger partial charge >= 0.3 is 5.97 Å². The number of carbonyl (C=O) groups excluding carboxylic acids is 1. The smallest absolute Gasteiger partial charge is 0.303 e. The molecule has 47 heavy (non-hydrogen) atoms. The molecule has 0 unspecified atom stereocenters. The summed E-state index contributed by atoms with van der Waals surface area (Å²) < 4.78 is 13.2. The Labute approximate surface area is 277 Å². The Balaban J connectivity index is 1.29. The molecule has 4 aromatic carbocycles. The number of nitrogens with one attached hydrogen (secondary N) is 1. The number of aliphatic hydroxyl groups is 1. The van der Waals surface area contributed by atoms with Gasteiger partial charge in [0.2, 0.25) is 5.91 Å². The van der Waals surface area contributed by atoms with Crippen LogP contribution in [0.3, 0.4) is 0 Å². The molecule has 0 radical (unpaired) electrons. The number of ether oxygens (including phenoxy) is 2. The largest absolute Gasteiger partial charge is 0.481 e. The molecule has 0 aliphatic carbocycles. The van der Waals surface area contributed by atoms with Gasteiger partial charge in [0.1, 0.15) is 0 Å². The van der Waals surface area contributed by atoms with Crippen LogP contribution >= 0.6 is 0 Å². The fraction of sp³-hybridized carbons (Fsp3) is 0.333. The lowest BCUT2D eigenvalue weighted by Gasteiger charge is -2.38. The second-order valence-corrected chi connectivity index (χ2v) is 12.1. The van der Waals surface area contributed by atoms with Crippen molar-refractivity contribution in [1.82, 2.24) is 4.90 Å². The second-order valence-electron chi connectivity index (χ2n) is 12.1. The van der Waals surface area contributed by atoms with Crippen LogP contribution in [0.25, 0.3) is 0 Å². The van der Waals surface area contributed by atoms with Gasteiger partial charge in [0.25, 0.3) is 0 Å². The fourth-order valence-electron chi connectivity index (χ4n) is 5.87. The van der Waals surface area contributed by atoms with Gasteiger partial charge in [-0.15, -0.1) is 0 Å². The molecular weight excluding hydrogens is 592 g/mol. The summed E-state index contributed by atoms with van der Waals surface area (Å²) in [6.45, 7) is 2.26. The van der Waals surface area contributed by atoms with Gasteiger partial charge in [-0.3, -0.25) is 14.5 Å². The van der Waals surface area contributed by atoms with Crippen molar-refractivity contribution in [3.05, 3.63) is 137 Å². The Kier molecular flexibility index (Phi) is 12.7. The molecule has 246 valence electrons. The molecule has 1 aliphatic heterocycles. The number of hydrogen-bond acceptors (Lipinski definition) is 6. The topological polar surface area (TPSA) is 108 Å². The number of nitrogens with zero attached hydrogens (tertiary/aromatic N) is 1. The summed E-state index contributed by atoms with van der Waals surface area (Å²) in [5, 5.41) is 21.3. The van der Waals surface area contributed by atoms with Crippen LogP contribution in [0.2, 0.25) is 0 Å². The van der Waals surface area contributed by atoms with E-state index in [9.17, 15) is 14.7 Å². The normalized spacial score (nSPS) is 17.8. The number of hydrogen-bond donors (Lipinski definition) is 3. The third-order valence-corrected chi connectivity index (χ3v) is 8.34. The van der Waals surface area contributed by atoms with Crippen LogP contribution in [-0.2, 0) is 38.8 Å². The Morgan fingerprint density at radius 1 is 0.702 bits per heavy atom. The van der Waals surface area contributed by atoms with Crippen molar-refractivity contribution in [1.29, 1.82) is 0 Å². The molecular formula is C39H44N2O6. The summed E-state index contributed by atoms with van der Waals surface area (Å²) in [4.78, 5) is 25.6. The van der Waals surface area contributed by atoms with E-state index in [0.717, 1.165) is 29.8 Å². The molecule has 1 aliphatic rings. The van der Waals surface area contributed by atoms with Gasteiger partial charge in [-0.2, -0.15) is 0 Å². The van der Waals surface area contributed by atoms with Crippen molar-refractivity contribution < 1.29 is 29.3 Å². The van der Waals surface area contributed by atoms with E-state index in [1.165, 1.54) is 11.1 Å². The molecule has 1 fully saturated rings. The van der Waals surface area contributed by atoms with E-state index in [0.29, 0.717) is 44.3 Å². The number of aliphatic carboxylic acids is 1. The third-order valence-electron chi connectivity index (χ3n) is 8.34. The van der Waals surface area contributed by atoms with Crippen LogP contribution in [-0.4, -0.2) is 39.6 Å². The molecule has 0 saturated carbocycles. The van der Waals surface area contributed by atoms with Crippen LogP contribution in [0.1, 0.15) is 78.7 Å². The quantitative estimate of drug-likeness (QED) is 0.110. The van der Waals surface area contributed by atoms with Crippen molar-refractivity contribution in [2.24, 2.45) is 0 Å². The highest BCUT2D eigenvalue weighted by Gasteiger charge is 2.33. The van der Waals surface area contributed by atoms with Crippen molar-refractivity contribution in [2.75, 3.05) is 11.9 Å². The lowest BCUT2D eigenvalue weighted by Crippen LogP contribution is -2.39. The van der Waals surface area contributed by atoms with E-state index in [1.807, 2.05) is 60.7 Å². The number of aliphatic hydroxyl groups excluding tert-OH is 1. The molecule has 1 heterocycles. The minimum Gasteiger partial charge on any atom is -0.481 e. The molecule has 0 spiro atoms. The van der Waals surface area contributed by atoms with Crippen molar-refractivity contribution in [2.45, 2.75) is 76.7 Å². The first kappa shape index (κ1) is 34.0. The predicted octanol–water partition coefficient (Wildman–Crippen LogP) is 7.40. The lowest BCUT2D eigenvalue weighted by atomic mass is 9.99. The highest BCUT2D eigenvalue weighted by atomic mass is 16.7. The Hall–Kier alpha value is -4.34. The monoisotopic (exact) mass is 636 g/mol. The van der Waals surface area contributed by atoms with E-state index in [2.05, 4.69) is 58.7 Å². The minimum absolute atomic E-state index is 0.0122. The maximum atomic E-state index is 12.5. The van der Waals surface area contributed by atoms with Crippen LogP contribution in [0.5, 0.6) is 0 Å². The van der Waals surface area contributed by atoms with E-state index in [4.69, 9.17) is 14.6 Å². The maximum absolute atomic E-state index is 12.5. The minimum atomic E-state index is -0.811. The van der Waals surface area contributed by atoms with Gasteiger partial charge in [0.05, 0.1) is 18.8 Å². The molecule has 1 amide bonds. The number of carboxylic acid groups (broad SMARTS) is 1. The number of rotatable bonds is 16. The molecule has 5 rings (SSSR count). The van der Waals surface area contributed by atoms with Gasteiger partial charge < -0.3 is 25.0 Å². The van der Waals surface area contributed by atoms with Crippen LogP contribution in [0, 0.1) is 0 Å². The second kappa shape index (κ2) is 17.5. The molecule has 8 heteroatoms. The molecule has 3 atom stereocenters. The summed E-state index contributed by atoms with van der Waals surface area (Å²) in [6.07, 6.45) is 2.14. The van der Waals surface area contributed by atoms with Gasteiger partial charge in [-0.05, 0) is 47.2 Å². The van der Waals surface area contributed by atoms with E-state index in [1.54, 1.807) is 0 Å². The molecule has 8 nitrogen and oxygen atoms in total. The molecule has 4 aromatic rings. The summed E-state index contributed by atoms with van der Waals surface area (Å²) in [5.41, 5.74) is 5.90. The van der Waals surface area contributed by atoms with Crippen LogP contribution < -0.4 is 5.32 Å². The number of unbranched alkanes of at least 4 members (excludes halogenated alkanes) is 2. The zero-order chi connectivity index (χ0) is 32.8. The average Bonchev–Trinajstić information content (AvgIpc) is 3.09. The van der Waals surface area contributed by atoms with Crippen LogP contribution in [0.4, 0.5) is 5.69 Å². The van der Waals surface area contributed by atoms with E-state index >= 15 is 0 Å². The Morgan fingerprint density at radius 3 is 1.89 bits per heavy atom. The summed E-state index contributed by atoms with van der Waals surface area (Å²) >= 11 is 0. The van der Waals surface area contributed by atoms with Crippen molar-refractivity contribution in [3.8, 4) is 0 Å². The highest BCUT2D eigenvalue weighted by molar-refractivity contribution is 5.90. The Bertz CT molecular complexity index is 1490. The number of anilines is 1. The van der Waals surface area contributed by atoms with Crippen molar-refractivity contribution >= 4 is 17.6 Å². The first-order chi connectivity index (χ1) is 22.9. The van der Waals surface area contributed by atoms with Gasteiger partial charge in [-0.1, -0.05) is 103 Å². The molecule has 1 saturated heterocycles. The van der Waals surface area contributed by atoms with E-state index < -0.39 is 12.3 Å². The maximum Gasteiger partial charge on any atom is 0.303 e. The van der Waals surface area contributed by atoms with Gasteiger partial charge in [0.15, 0.2) is 6.29 Å². The first-order valence-corrected chi connectivity index (χ1v) is 16.4. The highest BCUT2D eigenvalue weighted by Crippen LogP contribution is 2.38. The van der Waals surface area contributed by atoms with Crippen molar-refractivity contribution in [3.63, 3.8) is 0 Å². The lowest BCUT2D eigenvalue weighted by molar-refractivity contribution is -0.253. The summed E-state index contributed by atoms with van der Waals surface area (Å²) in [6, 6.07) is 36.4. The molecule has 0 aromatic heterocycles. The van der Waals surface area contributed by atoms with Gasteiger partial charge in [0, 0.05) is 50.1 Å². The third kappa shape index (κ3) is 10.9. The zero-order valence-electron chi connectivity index (χ0n) is 26.7. The molecule has 0 bridgehead atoms.